The Kier molecular flexibility index (Phi) is 4.82. The standard InChI is InChI=1S/C21H17NO2/c23-22(24)21-15-13-20(14-16-21)12-11-19-9-7-18(8-10-19)6-5-17-3-1-2-4-17/h1-17H/b6-5+,12-11-. The van der Waals surface area contributed by atoms with Crippen molar-refractivity contribution in [2.24, 2.45) is 5.92 Å². The van der Waals surface area contributed by atoms with Gasteiger partial charge >= 0.3 is 0 Å². The Morgan fingerprint density at radius 1 is 0.750 bits per heavy atom. The molecule has 3 nitrogen and oxygen atoms in total. The highest BCUT2D eigenvalue weighted by Gasteiger charge is 2.02. The molecule has 0 amide bonds. The van der Waals surface area contributed by atoms with Crippen molar-refractivity contribution in [3.8, 4) is 0 Å². The van der Waals surface area contributed by atoms with E-state index in [1.165, 1.54) is 12.1 Å². The van der Waals surface area contributed by atoms with Crippen LogP contribution < -0.4 is 0 Å². The van der Waals surface area contributed by atoms with E-state index in [-0.39, 0.29) is 5.69 Å². The fraction of sp³-hybridized carbons (Fsp3) is 0.0476. The molecule has 3 heteroatoms. The van der Waals surface area contributed by atoms with Crippen molar-refractivity contribution in [3.63, 3.8) is 0 Å². The molecule has 2 aromatic rings. The first-order chi connectivity index (χ1) is 11.7. The highest BCUT2D eigenvalue weighted by Crippen LogP contribution is 2.16. The molecule has 0 spiro atoms. The Hall–Kier alpha value is -3.20. The third-order valence-electron chi connectivity index (χ3n) is 3.80. The summed E-state index contributed by atoms with van der Waals surface area (Å²) in [6.45, 7) is 0. The van der Waals surface area contributed by atoms with Gasteiger partial charge in [-0.25, -0.2) is 0 Å². The Morgan fingerprint density at radius 3 is 1.71 bits per heavy atom. The van der Waals surface area contributed by atoms with Crippen molar-refractivity contribution in [2.75, 3.05) is 0 Å². The third-order valence-corrected chi connectivity index (χ3v) is 3.80. The first-order valence-corrected chi connectivity index (χ1v) is 7.76. The zero-order chi connectivity index (χ0) is 16.8. The Balaban J connectivity index is 1.63. The van der Waals surface area contributed by atoms with Crippen LogP contribution >= 0.6 is 0 Å². The number of hydrogen-bond acceptors (Lipinski definition) is 2. The summed E-state index contributed by atoms with van der Waals surface area (Å²) in [5, 5.41) is 10.6. The molecule has 0 heterocycles. The smallest absolute Gasteiger partial charge is 0.258 e. The molecular weight excluding hydrogens is 298 g/mol. The van der Waals surface area contributed by atoms with Crippen molar-refractivity contribution in [3.05, 3.63) is 106 Å². The molecule has 0 bridgehead atoms. The van der Waals surface area contributed by atoms with E-state index >= 15 is 0 Å². The maximum Gasteiger partial charge on any atom is 0.269 e. The summed E-state index contributed by atoms with van der Waals surface area (Å²) < 4.78 is 0. The quantitative estimate of drug-likeness (QED) is 0.414. The molecule has 0 unspecified atom stereocenters. The Morgan fingerprint density at radius 2 is 1.21 bits per heavy atom. The zero-order valence-corrected chi connectivity index (χ0v) is 13.1. The van der Waals surface area contributed by atoms with E-state index in [1.807, 2.05) is 12.2 Å². The van der Waals surface area contributed by atoms with Gasteiger partial charge in [0.25, 0.3) is 5.69 Å². The van der Waals surface area contributed by atoms with Crippen LogP contribution in [0.25, 0.3) is 18.2 Å². The lowest BCUT2D eigenvalue weighted by Gasteiger charge is -1.99. The number of allylic oxidation sites excluding steroid dienone is 5. The van der Waals surface area contributed by atoms with Crippen LogP contribution in [0.15, 0.2) is 78.9 Å². The average Bonchev–Trinajstić information content (AvgIpc) is 3.13. The minimum Gasteiger partial charge on any atom is -0.258 e. The maximum atomic E-state index is 10.6. The predicted molar refractivity (Wildman–Crippen MR) is 99.3 cm³/mol. The van der Waals surface area contributed by atoms with Crippen molar-refractivity contribution in [1.29, 1.82) is 0 Å². The molecule has 1 aliphatic carbocycles. The van der Waals surface area contributed by atoms with Gasteiger partial charge in [0.05, 0.1) is 4.92 Å². The molecule has 2 aromatic carbocycles. The number of nitrogens with zero attached hydrogens (tertiary/aromatic N) is 1. The predicted octanol–water partition coefficient (Wildman–Crippen LogP) is 5.52. The molecule has 0 atom stereocenters. The lowest BCUT2D eigenvalue weighted by Crippen LogP contribution is -1.86. The Bertz CT molecular complexity index is 813. The molecule has 24 heavy (non-hydrogen) atoms. The third kappa shape index (κ3) is 4.17. The van der Waals surface area contributed by atoms with Gasteiger partial charge in [-0.05, 0) is 28.8 Å². The summed E-state index contributed by atoms with van der Waals surface area (Å²) in [6.07, 6.45) is 16.6. The van der Waals surface area contributed by atoms with Gasteiger partial charge in [0.1, 0.15) is 0 Å². The first kappa shape index (κ1) is 15.7. The fourth-order valence-corrected chi connectivity index (χ4v) is 2.42. The van der Waals surface area contributed by atoms with Gasteiger partial charge in [-0.15, -0.1) is 0 Å². The number of rotatable bonds is 5. The minimum absolute atomic E-state index is 0.107. The summed E-state index contributed by atoms with van der Waals surface area (Å²) in [5.74, 6) is 0.395. The highest BCUT2D eigenvalue weighted by atomic mass is 16.6. The molecule has 0 saturated heterocycles. The zero-order valence-electron chi connectivity index (χ0n) is 13.1. The van der Waals surface area contributed by atoms with E-state index in [4.69, 9.17) is 0 Å². The maximum absolute atomic E-state index is 10.6. The lowest BCUT2D eigenvalue weighted by molar-refractivity contribution is -0.384. The van der Waals surface area contributed by atoms with E-state index < -0.39 is 4.92 Å². The van der Waals surface area contributed by atoms with Gasteiger partial charge in [0, 0.05) is 18.1 Å². The molecule has 3 rings (SSSR count). The van der Waals surface area contributed by atoms with Crippen LogP contribution in [0, 0.1) is 16.0 Å². The molecule has 0 saturated carbocycles. The van der Waals surface area contributed by atoms with Crippen molar-refractivity contribution in [2.45, 2.75) is 0 Å². The van der Waals surface area contributed by atoms with Crippen LogP contribution in [-0.2, 0) is 0 Å². The van der Waals surface area contributed by atoms with Gasteiger partial charge < -0.3 is 0 Å². The largest absolute Gasteiger partial charge is 0.269 e. The first-order valence-electron chi connectivity index (χ1n) is 7.76. The van der Waals surface area contributed by atoms with Crippen LogP contribution in [0.5, 0.6) is 0 Å². The van der Waals surface area contributed by atoms with Crippen LogP contribution in [-0.4, -0.2) is 4.92 Å². The van der Waals surface area contributed by atoms with Gasteiger partial charge in [-0.1, -0.05) is 72.9 Å². The lowest BCUT2D eigenvalue weighted by atomic mass is 10.1. The highest BCUT2D eigenvalue weighted by molar-refractivity contribution is 5.70. The minimum atomic E-state index is -0.392. The molecule has 0 fully saturated rings. The molecule has 0 aliphatic heterocycles. The van der Waals surface area contributed by atoms with Crippen molar-refractivity contribution < 1.29 is 4.92 Å². The van der Waals surface area contributed by atoms with Crippen LogP contribution in [0.3, 0.4) is 0 Å². The molecule has 118 valence electrons. The van der Waals surface area contributed by atoms with Crippen molar-refractivity contribution in [1.82, 2.24) is 0 Å². The number of hydrogen-bond donors (Lipinski definition) is 0. The van der Waals surface area contributed by atoms with Gasteiger partial charge in [0.2, 0.25) is 0 Å². The average molecular weight is 315 g/mol. The number of non-ortho nitro benzene ring substituents is 1. The molecule has 0 aromatic heterocycles. The summed E-state index contributed by atoms with van der Waals surface area (Å²) in [7, 11) is 0. The van der Waals surface area contributed by atoms with Crippen LogP contribution in [0.4, 0.5) is 5.69 Å². The van der Waals surface area contributed by atoms with Crippen molar-refractivity contribution >= 4 is 23.9 Å². The molecule has 0 radical (unpaired) electrons. The summed E-state index contributed by atoms with van der Waals surface area (Å²) in [6, 6.07) is 14.8. The number of nitro groups is 1. The SMILES string of the molecule is O=[N+]([O-])c1ccc(/C=C\c2ccc(/C=C/C3C=CC=C3)cc2)cc1. The van der Waals surface area contributed by atoms with Gasteiger partial charge in [0.15, 0.2) is 0 Å². The fourth-order valence-electron chi connectivity index (χ4n) is 2.42. The van der Waals surface area contributed by atoms with E-state index in [2.05, 4.69) is 60.7 Å². The second kappa shape index (κ2) is 7.38. The molecule has 1 aliphatic rings. The van der Waals surface area contributed by atoms with E-state index in [0.717, 1.165) is 16.7 Å². The summed E-state index contributed by atoms with van der Waals surface area (Å²) in [5.41, 5.74) is 3.29. The second-order valence-electron chi connectivity index (χ2n) is 5.55. The normalized spacial score (nSPS) is 14.2. The van der Waals surface area contributed by atoms with E-state index in [0.29, 0.717) is 5.92 Å². The van der Waals surface area contributed by atoms with Gasteiger partial charge in [-0.3, -0.25) is 10.1 Å². The summed E-state index contributed by atoms with van der Waals surface area (Å²) >= 11 is 0. The van der Waals surface area contributed by atoms with Crippen LogP contribution in [0.1, 0.15) is 16.7 Å². The van der Waals surface area contributed by atoms with E-state index in [1.54, 1.807) is 12.1 Å². The molecular formula is C21H17NO2. The number of nitro benzene ring substituents is 1. The second-order valence-corrected chi connectivity index (χ2v) is 5.55. The summed E-state index contributed by atoms with van der Waals surface area (Å²) in [4.78, 5) is 10.2. The Labute approximate surface area is 141 Å². The van der Waals surface area contributed by atoms with Gasteiger partial charge in [-0.2, -0.15) is 0 Å². The monoisotopic (exact) mass is 315 g/mol. The van der Waals surface area contributed by atoms with Crippen LogP contribution in [0.2, 0.25) is 0 Å². The topological polar surface area (TPSA) is 43.1 Å². The molecule has 0 N–H and O–H groups in total. The van der Waals surface area contributed by atoms with E-state index in [9.17, 15) is 10.1 Å². The number of benzene rings is 2.